The monoisotopic (exact) mass is 423 g/mol. The fraction of sp³-hybridized carbons (Fsp3) is 0.227. The number of hydrogen-bond donors (Lipinski definition) is 1. The summed E-state index contributed by atoms with van der Waals surface area (Å²) in [5.74, 6) is -0.696. The van der Waals surface area contributed by atoms with Gasteiger partial charge in [0.05, 0.1) is 41.8 Å². The van der Waals surface area contributed by atoms with Crippen LogP contribution in [0, 0.1) is 21.4 Å². The smallest absolute Gasteiger partial charge is 0.411 e. The van der Waals surface area contributed by atoms with Crippen molar-refractivity contribution in [3.05, 3.63) is 63.7 Å². The van der Waals surface area contributed by atoms with E-state index >= 15 is 0 Å². The molecule has 0 fully saturated rings. The molecule has 0 aliphatic carbocycles. The Morgan fingerprint density at radius 2 is 1.74 bits per heavy atom. The molecular weight excluding hydrogens is 402 g/mol. The second kappa shape index (κ2) is 11.1. The highest BCUT2D eigenvalue weighted by Crippen LogP contribution is 2.29. The number of rotatable bonds is 8. The Labute approximate surface area is 179 Å². The minimum absolute atomic E-state index is 0.0265. The van der Waals surface area contributed by atoms with Crippen molar-refractivity contribution in [1.82, 2.24) is 0 Å². The van der Waals surface area contributed by atoms with Crippen LogP contribution in [-0.2, 0) is 14.3 Å². The zero-order valence-corrected chi connectivity index (χ0v) is 17.1. The van der Waals surface area contributed by atoms with Crippen molar-refractivity contribution in [3.63, 3.8) is 0 Å². The molecule has 9 heteroatoms. The first-order chi connectivity index (χ1) is 14.9. The predicted molar refractivity (Wildman–Crippen MR) is 114 cm³/mol. The first-order valence-corrected chi connectivity index (χ1v) is 9.46. The maximum atomic E-state index is 12.1. The van der Waals surface area contributed by atoms with Crippen LogP contribution in [-0.4, -0.2) is 30.2 Å². The quantitative estimate of drug-likeness (QED) is 0.282. The van der Waals surface area contributed by atoms with Crippen LogP contribution < -0.4 is 5.32 Å². The van der Waals surface area contributed by atoms with E-state index in [-0.39, 0.29) is 36.5 Å². The van der Waals surface area contributed by atoms with Gasteiger partial charge >= 0.3 is 12.1 Å². The van der Waals surface area contributed by atoms with E-state index in [0.29, 0.717) is 11.3 Å². The second-order valence-electron chi connectivity index (χ2n) is 6.18. The SMILES string of the molecule is CCOC(=O)Nc1ccc(-c2ccc([N+](=O)[O-])c(/C=C(\CC#N)C(=O)OCC)c2)cc1. The summed E-state index contributed by atoms with van der Waals surface area (Å²) in [5, 5.41) is 23.0. The number of nitro groups is 1. The number of anilines is 1. The van der Waals surface area contributed by atoms with Crippen molar-refractivity contribution in [2.75, 3.05) is 18.5 Å². The molecule has 1 N–H and O–H groups in total. The third-order valence-electron chi connectivity index (χ3n) is 4.10. The zero-order chi connectivity index (χ0) is 22.8. The van der Waals surface area contributed by atoms with E-state index in [1.54, 1.807) is 50.2 Å². The minimum atomic E-state index is -0.696. The average molecular weight is 423 g/mol. The molecule has 0 atom stereocenters. The molecule has 2 rings (SSSR count). The van der Waals surface area contributed by atoms with Gasteiger partial charge in [-0.05, 0) is 55.3 Å². The van der Waals surface area contributed by atoms with E-state index in [4.69, 9.17) is 14.7 Å². The molecule has 0 radical (unpaired) electrons. The molecular formula is C22H21N3O6. The van der Waals surface area contributed by atoms with Crippen molar-refractivity contribution in [2.24, 2.45) is 0 Å². The summed E-state index contributed by atoms with van der Waals surface area (Å²) in [6.45, 7) is 3.71. The molecule has 0 aromatic heterocycles. The lowest BCUT2D eigenvalue weighted by Gasteiger charge is -2.08. The number of carbonyl (C=O) groups excluding carboxylic acids is 2. The largest absolute Gasteiger partial charge is 0.463 e. The van der Waals surface area contributed by atoms with Crippen molar-refractivity contribution < 1.29 is 24.0 Å². The van der Waals surface area contributed by atoms with Gasteiger partial charge in [-0.3, -0.25) is 15.4 Å². The molecule has 0 bridgehead atoms. The average Bonchev–Trinajstić information content (AvgIpc) is 2.74. The summed E-state index contributed by atoms with van der Waals surface area (Å²) in [7, 11) is 0. The first-order valence-electron chi connectivity index (χ1n) is 9.46. The van der Waals surface area contributed by atoms with Crippen LogP contribution in [0.5, 0.6) is 0 Å². The van der Waals surface area contributed by atoms with Gasteiger partial charge in [-0.2, -0.15) is 5.26 Å². The van der Waals surface area contributed by atoms with Crippen LogP contribution in [0.3, 0.4) is 0 Å². The third-order valence-corrected chi connectivity index (χ3v) is 4.10. The van der Waals surface area contributed by atoms with E-state index < -0.39 is 17.0 Å². The van der Waals surface area contributed by atoms with Gasteiger partial charge in [0.1, 0.15) is 0 Å². The summed E-state index contributed by atoms with van der Waals surface area (Å²) in [5.41, 5.74) is 1.91. The summed E-state index contributed by atoms with van der Waals surface area (Å²) in [6.07, 6.45) is 0.496. The summed E-state index contributed by atoms with van der Waals surface area (Å²) in [6, 6.07) is 13.1. The standard InChI is InChI=1S/C22H21N3O6/c1-3-30-21(26)17(11-12-23)14-18-13-16(7-10-20(18)25(28)29)15-5-8-19(9-6-15)24-22(27)31-4-2/h5-10,13-14H,3-4,11H2,1-2H3,(H,24,27)/b17-14+. The zero-order valence-electron chi connectivity index (χ0n) is 17.1. The summed E-state index contributed by atoms with van der Waals surface area (Å²) >= 11 is 0. The van der Waals surface area contributed by atoms with Gasteiger partial charge < -0.3 is 9.47 Å². The Bertz CT molecular complexity index is 1040. The number of benzene rings is 2. The maximum Gasteiger partial charge on any atom is 0.411 e. The van der Waals surface area contributed by atoms with Crippen molar-refractivity contribution in [2.45, 2.75) is 20.3 Å². The second-order valence-corrected chi connectivity index (χ2v) is 6.18. The molecule has 0 spiro atoms. The molecule has 0 unspecified atom stereocenters. The third kappa shape index (κ3) is 6.40. The highest BCUT2D eigenvalue weighted by molar-refractivity contribution is 5.95. The molecule has 0 heterocycles. The van der Waals surface area contributed by atoms with Crippen LogP contribution in [0.2, 0.25) is 0 Å². The van der Waals surface area contributed by atoms with Crippen LogP contribution in [0.4, 0.5) is 16.2 Å². The van der Waals surface area contributed by atoms with Gasteiger partial charge in [-0.1, -0.05) is 12.1 Å². The normalized spacial score (nSPS) is 10.7. The molecule has 0 aliphatic heterocycles. The van der Waals surface area contributed by atoms with Crippen molar-refractivity contribution in [3.8, 4) is 17.2 Å². The number of nitro benzene ring substituents is 1. The number of esters is 1. The van der Waals surface area contributed by atoms with E-state index in [9.17, 15) is 19.7 Å². The predicted octanol–water partition coefficient (Wildman–Crippen LogP) is 4.69. The van der Waals surface area contributed by atoms with Crippen LogP contribution >= 0.6 is 0 Å². The summed E-state index contributed by atoms with van der Waals surface area (Å²) < 4.78 is 9.76. The number of ether oxygens (including phenoxy) is 2. The Balaban J connectivity index is 2.42. The van der Waals surface area contributed by atoms with Gasteiger partial charge in [0.2, 0.25) is 0 Å². The van der Waals surface area contributed by atoms with E-state index in [0.717, 1.165) is 5.56 Å². The first kappa shape index (κ1) is 23.1. The lowest BCUT2D eigenvalue weighted by atomic mass is 9.99. The van der Waals surface area contributed by atoms with E-state index in [1.807, 2.05) is 6.07 Å². The van der Waals surface area contributed by atoms with Gasteiger partial charge in [0, 0.05) is 11.8 Å². The number of amides is 1. The Morgan fingerprint density at radius 1 is 1.10 bits per heavy atom. The molecule has 31 heavy (non-hydrogen) atoms. The number of hydrogen-bond acceptors (Lipinski definition) is 7. The molecule has 160 valence electrons. The van der Waals surface area contributed by atoms with Crippen LogP contribution in [0.15, 0.2) is 48.0 Å². The maximum absolute atomic E-state index is 12.1. The number of carbonyl (C=O) groups is 2. The number of nitrogens with one attached hydrogen (secondary N) is 1. The van der Waals surface area contributed by atoms with Crippen LogP contribution in [0.1, 0.15) is 25.8 Å². The molecule has 0 saturated heterocycles. The number of nitrogens with zero attached hydrogens (tertiary/aromatic N) is 2. The molecule has 2 aromatic rings. The molecule has 0 saturated carbocycles. The highest BCUT2D eigenvalue weighted by Gasteiger charge is 2.17. The van der Waals surface area contributed by atoms with Crippen molar-refractivity contribution >= 4 is 29.5 Å². The van der Waals surface area contributed by atoms with E-state index in [1.165, 1.54) is 12.1 Å². The topological polar surface area (TPSA) is 132 Å². The highest BCUT2D eigenvalue weighted by atomic mass is 16.6. The van der Waals surface area contributed by atoms with Crippen molar-refractivity contribution in [1.29, 1.82) is 5.26 Å². The minimum Gasteiger partial charge on any atom is -0.463 e. The van der Waals surface area contributed by atoms with Gasteiger partial charge in [0.15, 0.2) is 0 Å². The summed E-state index contributed by atoms with van der Waals surface area (Å²) in [4.78, 5) is 34.5. The lowest BCUT2D eigenvalue weighted by molar-refractivity contribution is -0.385. The Morgan fingerprint density at radius 3 is 2.32 bits per heavy atom. The number of nitriles is 1. The van der Waals surface area contributed by atoms with Crippen LogP contribution in [0.25, 0.3) is 17.2 Å². The van der Waals surface area contributed by atoms with Gasteiger partial charge in [-0.25, -0.2) is 9.59 Å². The van der Waals surface area contributed by atoms with E-state index in [2.05, 4.69) is 5.32 Å². The molecule has 9 nitrogen and oxygen atoms in total. The Hall–Kier alpha value is -4.19. The lowest BCUT2D eigenvalue weighted by Crippen LogP contribution is -2.13. The Kier molecular flexibility index (Phi) is 8.28. The molecule has 1 amide bonds. The molecule has 0 aliphatic rings. The fourth-order valence-corrected chi connectivity index (χ4v) is 2.73. The van der Waals surface area contributed by atoms with Gasteiger partial charge in [0.25, 0.3) is 5.69 Å². The molecule has 2 aromatic carbocycles. The van der Waals surface area contributed by atoms with Gasteiger partial charge in [-0.15, -0.1) is 0 Å². The fourth-order valence-electron chi connectivity index (χ4n) is 2.73.